The van der Waals surface area contributed by atoms with Crippen molar-refractivity contribution in [3.05, 3.63) is 168 Å². The van der Waals surface area contributed by atoms with Crippen molar-refractivity contribution < 1.29 is 0 Å². The van der Waals surface area contributed by atoms with Crippen LogP contribution in [0, 0.1) is 0 Å². The second-order valence-corrected chi connectivity index (χ2v) is 12.6. The molecular formula is C43H28. The summed E-state index contributed by atoms with van der Waals surface area (Å²) < 4.78 is 0. The lowest BCUT2D eigenvalue weighted by Gasteiger charge is -2.27. The third-order valence-electron chi connectivity index (χ3n) is 10.4. The van der Waals surface area contributed by atoms with Crippen LogP contribution in [0.25, 0.3) is 65.7 Å². The lowest BCUT2D eigenvalue weighted by Crippen LogP contribution is -2.25. The van der Waals surface area contributed by atoms with Crippen molar-refractivity contribution in [3.63, 3.8) is 0 Å². The molecule has 0 radical (unpaired) electrons. The van der Waals surface area contributed by atoms with Crippen LogP contribution in [-0.4, -0.2) is 0 Å². The highest BCUT2D eigenvalue weighted by molar-refractivity contribution is 6.25. The highest BCUT2D eigenvalue weighted by atomic mass is 14.5. The van der Waals surface area contributed by atoms with E-state index >= 15 is 0 Å². The van der Waals surface area contributed by atoms with Crippen LogP contribution >= 0.6 is 0 Å². The van der Waals surface area contributed by atoms with Gasteiger partial charge in [-0.05, 0) is 107 Å². The second kappa shape index (κ2) is 8.43. The predicted molar refractivity (Wildman–Crippen MR) is 181 cm³/mol. The molecule has 8 aromatic rings. The van der Waals surface area contributed by atoms with E-state index < -0.39 is 0 Å². The number of hydrogen-bond acceptors (Lipinski definition) is 0. The van der Waals surface area contributed by atoms with Gasteiger partial charge in [0.25, 0.3) is 0 Å². The highest BCUT2D eigenvalue weighted by Gasteiger charge is 2.47. The maximum atomic E-state index is 2.53. The molecule has 0 aliphatic heterocycles. The Labute approximate surface area is 251 Å². The first-order valence-electron chi connectivity index (χ1n) is 15.4. The van der Waals surface area contributed by atoms with Crippen molar-refractivity contribution in [1.82, 2.24) is 0 Å². The molecule has 1 spiro atoms. The fourth-order valence-corrected chi connectivity index (χ4v) is 8.48. The van der Waals surface area contributed by atoms with Gasteiger partial charge in [0.15, 0.2) is 0 Å². The first kappa shape index (κ1) is 23.4. The van der Waals surface area contributed by atoms with Gasteiger partial charge in [0.1, 0.15) is 0 Å². The van der Waals surface area contributed by atoms with Crippen LogP contribution in [0.5, 0.6) is 0 Å². The molecule has 0 saturated carbocycles. The van der Waals surface area contributed by atoms with E-state index in [0.717, 1.165) is 12.8 Å². The van der Waals surface area contributed by atoms with E-state index in [9.17, 15) is 0 Å². The molecule has 8 aromatic carbocycles. The number of rotatable bonds is 2. The van der Waals surface area contributed by atoms with Gasteiger partial charge in [-0.2, -0.15) is 0 Å². The average molecular weight is 545 g/mol. The smallest absolute Gasteiger partial charge is 0.0296 e. The van der Waals surface area contributed by atoms with E-state index in [0.29, 0.717) is 0 Å². The van der Waals surface area contributed by atoms with Crippen LogP contribution in [-0.2, 0) is 18.3 Å². The van der Waals surface area contributed by atoms with Gasteiger partial charge in [-0.3, -0.25) is 0 Å². The molecule has 0 aromatic heterocycles. The Balaban J connectivity index is 1.17. The van der Waals surface area contributed by atoms with E-state index in [4.69, 9.17) is 0 Å². The van der Waals surface area contributed by atoms with Gasteiger partial charge >= 0.3 is 0 Å². The summed E-state index contributed by atoms with van der Waals surface area (Å²) in [5.41, 5.74) is 13.9. The number of fused-ring (bicyclic) bond motifs is 6. The van der Waals surface area contributed by atoms with Gasteiger partial charge in [-0.15, -0.1) is 0 Å². The largest absolute Gasteiger partial charge is 0.0622 e. The molecule has 0 N–H and O–H groups in total. The zero-order chi connectivity index (χ0) is 28.1. The van der Waals surface area contributed by atoms with E-state index in [1.54, 1.807) is 0 Å². The molecule has 0 fully saturated rings. The molecule has 0 heteroatoms. The molecule has 1 atom stereocenters. The normalized spacial score (nSPS) is 16.7. The van der Waals surface area contributed by atoms with Crippen molar-refractivity contribution in [2.75, 3.05) is 0 Å². The standard InChI is InChI=1S/C43H28/c1-2-7-27(8-3-1)31-15-16-33-25-43(26-34(33)23-31)39-12-5-4-11-36(39)37-21-19-32(24-40(37)43)35-20-17-30-14-13-28-9-6-10-29-18-22-38(35)42(30)41(28)29/h1-24H,25-26H2. The molecule has 0 nitrogen and oxygen atoms in total. The summed E-state index contributed by atoms with van der Waals surface area (Å²) in [6, 6.07) is 54.9. The Kier molecular flexibility index (Phi) is 4.58. The van der Waals surface area contributed by atoms with E-state index in [1.165, 1.54) is 88.0 Å². The minimum atomic E-state index is -0.0383. The van der Waals surface area contributed by atoms with Crippen molar-refractivity contribution in [2.45, 2.75) is 18.3 Å². The minimum absolute atomic E-state index is 0.0383. The van der Waals surface area contributed by atoms with Crippen molar-refractivity contribution in [1.29, 1.82) is 0 Å². The maximum absolute atomic E-state index is 2.53. The van der Waals surface area contributed by atoms with Gasteiger partial charge in [-0.1, -0.05) is 140 Å². The molecule has 0 saturated heterocycles. The van der Waals surface area contributed by atoms with E-state index in [-0.39, 0.29) is 5.41 Å². The predicted octanol–water partition coefficient (Wildman–Crippen LogP) is 11.0. The molecule has 1 unspecified atom stereocenters. The summed E-state index contributed by atoms with van der Waals surface area (Å²) in [7, 11) is 0. The first-order chi connectivity index (χ1) is 21.3. The van der Waals surface area contributed by atoms with Gasteiger partial charge < -0.3 is 0 Å². The molecule has 10 rings (SSSR count). The van der Waals surface area contributed by atoms with Crippen LogP contribution < -0.4 is 0 Å². The number of hydrogen-bond donors (Lipinski definition) is 0. The van der Waals surface area contributed by atoms with E-state index in [2.05, 4.69) is 146 Å². The van der Waals surface area contributed by atoms with Crippen LogP contribution in [0.1, 0.15) is 22.3 Å². The highest BCUT2D eigenvalue weighted by Crippen LogP contribution is 2.56. The monoisotopic (exact) mass is 544 g/mol. The molecule has 200 valence electrons. The number of benzene rings is 8. The fourth-order valence-electron chi connectivity index (χ4n) is 8.48. The summed E-state index contributed by atoms with van der Waals surface area (Å²) in [5, 5.41) is 8.05. The fraction of sp³-hybridized carbons (Fsp3) is 0.0698. The average Bonchev–Trinajstić information content (AvgIpc) is 3.59. The van der Waals surface area contributed by atoms with Gasteiger partial charge in [0.2, 0.25) is 0 Å². The molecule has 2 aliphatic carbocycles. The van der Waals surface area contributed by atoms with Crippen molar-refractivity contribution >= 4 is 32.3 Å². The van der Waals surface area contributed by atoms with Crippen molar-refractivity contribution in [2.24, 2.45) is 0 Å². The Hall–Kier alpha value is -5.20. The SMILES string of the molecule is c1ccc(-c2ccc3c(c2)CC2(C3)c3ccccc3-c3ccc(-c4ccc5ccc6cccc7ccc4c5c67)cc32)cc1. The second-order valence-electron chi connectivity index (χ2n) is 12.6. The molecule has 0 bridgehead atoms. The quantitative estimate of drug-likeness (QED) is 0.190. The molecule has 2 aliphatic rings. The van der Waals surface area contributed by atoms with E-state index in [1.807, 2.05) is 0 Å². The molecule has 0 amide bonds. The maximum Gasteiger partial charge on any atom is 0.0296 e. The van der Waals surface area contributed by atoms with Gasteiger partial charge in [0.05, 0.1) is 0 Å². The summed E-state index contributed by atoms with van der Waals surface area (Å²) in [6.07, 6.45) is 2.08. The molecule has 0 heterocycles. The summed E-state index contributed by atoms with van der Waals surface area (Å²) >= 11 is 0. The van der Waals surface area contributed by atoms with Crippen LogP contribution in [0.3, 0.4) is 0 Å². The Bertz CT molecular complexity index is 2380. The third kappa shape index (κ3) is 3.16. The van der Waals surface area contributed by atoms with Gasteiger partial charge in [0, 0.05) is 5.41 Å². The summed E-state index contributed by atoms with van der Waals surface area (Å²) in [4.78, 5) is 0. The van der Waals surface area contributed by atoms with Crippen molar-refractivity contribution in [3.8, 4) is 33.4 Å². The Morgan fingerprint density at radius 1 is 0.372 bits per heavy atom. The lowest BCUT2D eigenvalue weighted by molar-refractivity contribution is 0.564. The minimum Gasteiger partial charge on any atom is -0.0622 e. The lowest BCUT2D eigenvalue weighted by atomic mass is 9.75. The molecule has 43 heavy (non-hydrogen) atoms. The Morgan fingerprint density at radius 3 is 1.93 bits per heavy atom. The topological polar surface area (TPSA) is 0 Å². The van der Waals surface area contributed by atoms with Crippen LogP contribution in [0.15, 0.2) is 146 Å². The zero-order valence-corrected chi connectivity index (χ0v) is 23.8. The molecular weight excluding hydrogens is 516 g/mol. The first-order valence-corrected chi connectivity index (χ1v) is 15.4. The van der Waals surface area contributed by atoms with Crippen LogP contribution in [0.2, 0.25) is 0 Å². The summed E-state index contributed by atoms with van der Waals surface area (Å²) in [6.45, 7) is 0. The third-order valence-corrected chi connectivity index (χ3v) is 10.4. The zero-order valence-electron chi connectivity index (χ0n) is 23.8. The summed E-state index contributed by atoms with van der Waals surface area (Å²) in [5.74, 6) is 0. The van der Waals surface area contributed by atoms with Gasteiger partial charge in [-0.25, -0.2) is 0 Å². The Morgan fingerprint density at radius 2 is 1.05 bits per heavy atom. The van der Waals surface area contributed by atoms with Crippen LogP contribution in [0.4, 0.5) is 0 Å².